The van der Waals surface area contributed by atoms with Gasteiger partial charge in [0.05, 0.1) is 6.61 Å². The number of rotatable bonds is 8. The quantitative estimate of drug-likeness (QED) is 0.686. The lowest BCUT2D eigenvalue weighted by molar-refractivity contribution is 0.0270. The minimum atomic E-state index is 0.175. The lowest BCUT2D eigenvalue weighted by Gasteiger charge is -2.44. The van der Waals surface area contributed by atoms with Gasteiger partial charge >= 0.3 is 0 Å². The molecule has 1 aliphatic heterocycles. The van der Waals surface area contributed by atoms with Crippen LogP contribution in [0.3, 0.4) is 0 Å². The van der Waals surface area contributed by atoms with Crippen molar-refractivity contribution < 1.29 is 4.74 Å². The highest BCUT2D eigenvalue weighted by atomic mass is 16.5. The Morgan fingerprint density at radius 3 is 2.26 bits per heavy atom. The van der Waals surface area contributed by atoms with Gasteiger partial charge in [0.25, 0.3) is 0 Å². The molecule has 1 saturated heterocycles. The maximum Gasteiger partial charge on any atom is 0.0637 e. The molecule has 0 aliphatic carbocycles. The molecule has 0 saturated carbocycles. The highest BCUT2D eigenvalue weighted by molar-refractivity contribution is 4.94. The number of likely N-dealkylation sites (tertiary alicyclic amines) is 1. The summed E-state index contributed by atoms with van der Waals surface area (Å²) in [6.45, 7) is 14.3. The van der Waals surface area contributed by atoms with E-state index in [4.69, 9.17) is 4.74 Å². The first kappa shape index (κ1) is 16.9. The van der Waals surface area contributed by atoms with Gasteiger partial charge < -0.3 is 10.1 Å². The van der Waals surface area contributed by atoms with Gasteiger partial charge in [0.15, 0.2) is 0 Å². The summed E-state index contributed by atoms with van der Waals surface area (Å²) in [5, 5.41) is 3.63. The van der Waals surface area contributed by atoms with Gasteiger partial charge in [-0.2, -0.15) is 0 Å². The molecule has 1 heterocycles. The summed E-state index contributed by atoms with van der Waals surface area (Å²) < 4.78 is 5.82. The first-order valence-electron chi connectivity index (χ1n) is 8.19. The molecule has 0 radical (unpaired) electrons. The van der Waals surface area contributed by atoms with Crippen LogP contribution in [0.1, 0.15) is 59.8 Å². The lowest BCUT2D eigenvalue weighted by Crippen LogP contribution is -2.59. The molecular weight excluding hydrogens is 236 g/mol. The van der Waals surface area contributed by atoms with E-state index in [2.05, 4.69) is 37.9 Å². The molecule has 1 rings (SSSR count). The number of nitrogens with one attached hydrogen (secondary N) is 1. The molecule has 19 heavy (non-hydrogen) atoms. The maximum atomic E-state index is 5.82. The predicted octanol–water partition coefficient (Wildman–Crippen LogP) is 3.05. The predicted molar refractivity (Wildman–Crippen MR) is 82.7 cm³/mol. The zero-order chi connectivity index (χ0) is 14.1. The summed E-state index contributed by atoms with van der Waals surface area (Å²) in [7, 11) is 0. The van der Waals surface area contributed by atoms with Crippen molar-refractivity contribution in [3.05, 3.63) is 0 Å². The highest BCUT2D eigenvalue weighted by Gasteiger charge is 2.35. The molecule has 0 bridgehead atoms. The third-order valence-corrected chi connectivity index (χ3v) is 4.36. The molecule has 1 unspecified atom stereocenters. The zero-order valence-corrected chi connectivity index (χ0v) is 13.5. The van der Waals surface area contributed by atoms with Crippen molar-refractivity contribution in [3.63, 3.8) is 0 Å². The average Bonchev–Trinajstić information content (AvgIpc) is 2.67. The molecule has 0 amide bonds. The van der Waals surface area contributed by atoms with Gasteiger partial charge in [0.2, 0.25) is 0 Å². The monoisotopic (exact) mass is 270 g/mol. The fourth-order valence-corrected chi connectivity index (χ4v) is 2.97. The van der Waals surface area contributed by atoms with E-state index in [0.717, 1.165) is 26.2 Å². The molecule has 114 valence electrons. The van der Waals surface area contributed by atoms with Crippen LogP contribution in [0, 0.1) is 0 Å². The molecule has 0 aromatic heterocycles. The van der Waals surface area contributed by atoms with Crippen LogP contribution in [0.5, 0.6) is 0 Å². The Kier molecular flexibility index (Phi) is 7.96. The number of nitrogens with zero attached hydrogens (tertiary/aromatic N) is 1. The highest BCUT2D eigenvalue weighted by Crippen LogP contribution is 2.23. The summed E-state index contributed by atoms with van der Waals surface area (Å²) in [4.78, 5) is 2.67. The van der Waals surface area contributed by atoms with E-state index >= 15 is 0 Å². The molecule has 1 atom stereocenters. The molecule has 0 spiro atoms. The van der Waals surface area contributed by atoms with Crippen molar-refractivity contribution in [2.24, 2.45) is 0 Å². The summed E-state index contributed by atoms with van der Waals surface area (Å²) >= 11 is 0. The van der Waals surface area contributed by atoms with Crippen LogP contribution in [0.4, 0.5) is 0 Å². The molecule has 0 aromatic rings. The molecule has 1 aliphatic rings. The third kappa shape index (κ3) is 5.41. The van der Waals surface area contributed by atoms with Crippen molar-refractivity contribution in [2.75, 3.05) is 32.8 Å². The average molecular weight is 270 g/mol. The third-order valence-electron chi connectivity index (χ3n) is 4.36. The summed E-state index contributed by atoms with van der Waals surface area (Å²) in [5.74, 6) is 0. The Morgan fingerprint density at radius 1 is 1.11 bits per heavy atom. The van der Waals surface area contributed by atoms with Gasteiger partial charge in [0.1, 0.15) is 0 Å². The van der Waals surface area contributed by atoms with Crippen LogP contribution in [-0.2, 0) is 4.74 Å². The van der Waals surface area contributed by atoms with Gasteiger partial charge in [-0.3, -0.25) is 4.90 Å². The molecule has 1 fully saturated rings. The Bertz CT molecular complexity index is 223. The Balaban J connectivity index is 2.60. The molecule has 0 aromatic carbocycles. The SMILES string of the molecule is CCCOCC(NCC)C(C)(C)N1CCCCCC1. The van der Waals surface area contributed by atoms with Gasteiger partial charge in [-0.1, -0.05) is 26.7 Å². The second-order valence-electron chi connectivity index (χ2n) is 6.24. The van der Waals surface area contributed by atoms with Crippen LogP contribution in [-0.4, -0.2) is 49.3 Å². The van der Waals surface area contributed by atoms with Crippen molar-refractivity contribution in [2.45, 2.75) is 71.4 Å². The van der Waals surface area contributed by atoms with Crippen LogP contribution in [0.2, 0.25) is 0 Å². The zero-order valence-electron chi connectivity index (χ0n) is 13.5. The number of likely N-dealkylation sites (N-methyl/N-ethyl adjacent to an activating group) is 1. The molecule has 1 N–H and O–H groups in total. The van der Waals surface area contributed by atoms with Gasteiger partial charge in [-0.15, -0.1) is 0 Å². The van der Waals surface area contributed by atoms with E-state index in [1.54, 1.807) is 0 Å². The van der Waals surface area contributed by atoms with E-state index < -0.39 is 0 Å². The summed E-state index contributed by atoms with van der Waals surface area (Å²) in [6.07, 6.45) is 6.58. The van der Waals surface area contributed by atoms with Gasteiger partial charge in [-0.05, 0) is 52.7 Å². The summed E-state index contributed by atoms with van der Waals surface area (Å²) in [5.41, 5.74) is 0.175. The molecule has 3 heteroatoms. The Morgan fingerprint density at radius 2 is 1.74 bits per heavy atom. The van der Waals surface area contributed by atoms with Crippen LogP contribution < -0.4 is 5.32 Å². The minimum absolute atomic E-state index is 0.175. The Hall–Kier alpha value is -0.120. The van der Waals surface area contributed by atoms with E-state index in [1.165, 1.54) is 38.8 Å². The molecule has 3 nitrogen and oxygen atoms in total. The van der Waals surface area contributed by atoms with Crippen LogP contribution in [0.15, 0.2) is 0 Å². The first-order valence-corrected chi connectivity index (χ1v) is 8.19. The fraction of sp³-hybridized carbons (Fsp3) is 1.00. The number of hydrogen-bond acceptors (Lipinski definition) is 3. The standard InChI is InChI=1S/C16H34N2O/c1-5-13-19-14-15(17-6-2)16(3,4)18-11-9-7-8-10-12-18/h15,17H,5-14H2,1-4H3. The van der Waals surface area contributed by atoms with E-state index in [9.17, 15) is 0 Å². The minimum Gasteiger partial charge on any atom is -0.380 e. The normalized spacial score (nSPS) is 20.2. The van der Waals surface area contributed by atoms with Crippen LogP contribution in [0.25, 0.3) is 0 Å². The van der Waals surface area contributed by atoms with Gasteiger partial charge in [-0.25, -0.2) is 0 Å². The summed E-state index contributed by atoms with van der Waals surface area (Å²) in [6, 6.07) is 0.419. The van der Waals surface area contributed by atoms with Crippen LogP contribution >= 0.6 is 0 Å². The van der Waals surface area contributed by atoms with Crippen molar-refractivity contribution in [1.29, 1.82) is 0 Å². The van der Waals surface area contributed by atoms with Gasteiger partial charge in [0, 0.05) is 18.2 Å². The fourth-order valence-electron chi connectivity index (χ4n) is 2.97. The molecular formula is C16H34N2O. The van der Waals surface area contributed by atoms with E-state index in [1.807, 2.05) is 0 Å². The maximum absolute atomic E-state index is 5.82. The largest absolute Gasteiger partial charge is 0.380 e. The second kappa shape index (κ2) is 8.93. The van der Waals surface area contributed by atoms with Crippen molar-refractivity contribution >= 4 is 0 Å². The lowest BCUT2D eigenvalue weighted by atomic mass is 9.92. The van der Waals surface area contributed by atoms with E-state index in [-0.39, 0.29) is 5.54 Å². The smallest absolute Gasteiger partial charge is 0.0637 e. The number of hydrogen-bond donors (Lipinski definition) is 1. The van der Waals surface area contributed by atoms with Crippen molar-refractivity contribution in [1.82, 2.24) is 10.2 Å². The number of ether oxygens (including phenoxy) is 1. The second-order valence-corrected chi connectivity index (χ2v) is 6.24. The Labute approximate surface area is 120 Å². The first-order chi connectivity index (χ1) is 9.12. The van der Waals surface area contributed by atoms with Crippen molar-refractivity contribution in [3.8, 4) is 0 Å². The van der Waals surface area contributed by atoms with E-state index in [0.29, 0.717) is 6.04 Å². The topological polar surface area (TPSA) is 24.5 Å².